The molecular formula is C24H23FN2O3S. The van der Waals surface area contributed by atoms with Crippen LogP contribution >= 0.6 is 12.2 Å². The second-order valence-electron chi connectivity index (χ2n) is 7.64. The van der Waals surface area contributed by atoms with E-state index in [0.29, 0.717) is 17.3 Å². The summed E-state index contributed by atoms with van der Waals surface area (Å²) in [6.07, 6.45) is 3.15. The minimum Gasteiger partial charge on any atom is -0.423 e. The molecule has 0 fully saturated rings. The molecule has 4 rings (SSSR count). The summed E-state index contributed by atoms with van der Waals surface area (Å²) in [5.41, 5.74) is 2.95. The Kier molecular flexibility index (Phi) is 6.13. The normalized spacial score (nSPS) is 18.5. The maximum atomic E-state index is 13.0. The van der Waals surface area contributed by atoms with E-state index in [4.69, 9.17) is 17.0 Å². The fraction of sp³-hybridized carbons (Fsp3) is 0.292. The lowest BCUT2D eigenvalue weighted by molar-refractivity contribution is -0.116. The fourth-order valence-corrected chi connectivity index (χ4v) is 4.36. The van der Waals surface area contributed by atoms with Gasteiger partial charge in [-0.2, -0.15) is 0 Å². The number of hydrogen-bond donors (Lipinski definition) is 1. The first-order valence-corrected chi connectivity index (χ1v) is 10.8. The van der Waals surface area contributed by atoms with E-state index in [1.807, 2.05) is 12.1 Å². The summed E-state index contributed by atoms with van der Waals surface area (Å²) in [7, 11) is 0. The molecule has 160 valence electrons. The number of Topliss-reactive ketones (excluding diaryl/α,β-unsaturated/α-hetero) is 1. The van der Waals surface area contributed by atoms with Gasteiger partial charge in [0, 0.05) is 24.2 Å². The van der Waals surface area contributed by atoms with Crippen LogP contribution < -0.4 is 10.1 Å². The molecule has 2 aromatic rings. The highest BCUT2D eigenvalue weighted by Gasteiger charge is 2.36. The molecule has 0 aromatic heterocycles. The average molecular weight is 439 g/mol. The van der Waals surface area contributed by atoms with Crippen LogP contribution in [0.5, 0.6) is 5.75 Å². The van der Waals surface area contributed by atoms with Crippen molar-refractivity contribution >= 4 is 29.1 Å². The van der Waals surface area contributed by atoms with Crippen molar-refractivity contribution in [2.24, 2.45) is 0 Å². The summed E-state index contributed by atoms with van der Waals surface area (Å²) in [5.74, 6) is -0.461. The molecule has 31 heavy (non-hydrogen) atoms. The van der Waals surface area contributed by atoms with Crippen LogP contribution in [0.2, 0.25) is 0 Å². The van der Waals surface area contributed by atoms with Gasteiger partial charge >= 0.3 is 5.97 Å². The van der Waals surface area contributed by atoms with E-state index in [1.54, 1.807) is 12.1 Å². The van der Waals surface area contributed by atoms with Crippen molar-refractivity contribution in [3.05, 3.63) is 76.7 Å². The molecule has 1 heterocycles. The van der Waals surface area contributed by atoms with Crippen molar-refractivity contribution in [2.45, 2.75) is 38.6 Å². The predicted octanol–water partition coefficient (Wildman–Crippen LogP) is 4.69. The monoisotopic (exact) mass is 438 g/mol. The van der Waals surface area contributed by atoms with Gasteiger partial charge in [0.1, 0.15) is 11.6 Å². The van der Waals surface area contributed by atoms with Crippen LogP contribution in [0.25, 0.3) is 0 Å². The Labute approximate surface area is 185 Å². The van der Waals surface area contributed by atoms with Gasteiger partial charge in [-0.15, -0.1) is 0 Å². The fourth-order valence-electron chi connectivity index (χ4n) is 4.04. The van der Waals surface area contributed by atoms with Crippen molar-refractivity contribution in [1.29, 1.82) is 0 Å². The van der Waals surface area contributed by atoms with Gasteiger partial charge < -0.3 is 15.0 Å². The lowest BCUT2D eigenvalue weighted by atomic mass is 9.85. The van der Waals surface area contributed by atoms with Gasteiger partial charge in [-0.1, -0.05) is 19.1 Å². The van der Waals surface area contributed by atoms with Crippen molar-refractivity contribution in [3.63, 3.8) is 0 Å². The van der Waals surface area contributed by atoms with Gasteiger partial charge in [0.25, 0.3) is 0 Å². The van der Waals surface area contributed by atoms with Gasteiger partial charge in [-0.05, 0) is 73.4 Å². The first kappa shape index (κ1) is 21.2. The van der Waals surface area contributed by atoms with Gasteiger partial charge in [-0.25, -0.2) is 9.18 Å². The van der Waals surface area contributed by atoms with E-state index < -0.39 is 11.8 Å². The first-order chi connectivity index (χ1) is 15.0. The van der Waals surface area contributed by atoms with Crippen LogP contribution in [0.1, 0.15) is 54.6 Å². The average Bonchev–Trinajstić information content (AvgIpc) is 2.76. The molecule has 1 aliphatic carbocycles. The van der Waals surface area contributed by atoms with Crippen LogP contribution in [-0.4, -0.2) is 28.3 Å². The minimum atomic E-state index is -0.563. The predicted molar refractivity (Wildman–Crippen MR) is 119 cm³/mol. The Morgan fingerprint density at radius 2 is 1.87 bits per heavy atom. The summed E-state index contributed by atoms with van der Waals surface area (Å²) in [4.78, 5) is 27.1. The Hall–Kier alpha value is -3.06. The summed E-state index contributed by atoms with van der Waals surface area (Å²) < 4.78 is 18.4. The molecule has 0 amide bonds. The number of carbonyl (C=O) groups excluding carboxylic acids is 2. The van der Waals surface area contributed by atoms with E-state index in [1.165, 1.54) is 24.3 Å². The van der Waals surface area contributed by atoms with Crippen molar-refractivity contribution in [3.8, 4) is 5.75 Å². The summed E-state index contributed by atoms with van der Waals surface area (Å²) in [6.45, 7) is 2.87. The molecule has 5 nitrogen and oxygen atoms in total. The SMILES string of the molecule is CCCN1C(=S)NC(c2ccc(OC(=O)c3ccc(F)cc3)cc2)C2=C1CCCC2=O. The van der Waals surface area contributed by atoms with Crippen LogP contribution in [0.15, 0.2) is 59.8 Å². The zero-order valence-corrected chi connectivity index (χ0v) is 18.0. The number of nitrogens with zero attached hydrogens (tertiary/aromatic N) is 1. The van der Waals surface area contributed by atoms with Gasteiger partial charge in [0.15, 0.2) is 10.9 Å². The second-order valence-corrected chi connectivity index (χ2v) is 8.02. The van der Waals surface area contributed by atoms with Crippen LogP contribution in [0, 0.1) is 5.82 Å². The topological polar surface area (TPSA) is 58.6 Å². The Balaban J connectivity index is 1.57. The maximum Gasteiger partial charge on any atom is 0.343 e. The number of esters is 1. The zero-order valence-electron chi connectivity index (χ0n) is 17.2. The van der Waals surface area contributed by atoms with Crippen molar-refractivity contribution in [1.82, 2.24) is 10.2 Å². The summed E-state index contributed by atoms with van der Waals surface area (Å²) >= 11 is 5.60. The molecule has 2 aliphatic rings. The highest BCUT2D eigenvalue weighted by molar-refractivity contribution is 7.80. The number of ketones is 1. The number of nitrogens with one attached hydrogen (secondary N) is 1. The molecule has 7 heteroatoms. The molecule has 1 unspecified atom stereocenters. The van der Waals surface area contributed by atoms with Gasteiger partial charge in [-0.3, -0.25) is 4.79 Å². The highest BCUT2D eigenvalue weighted by atomic mass is 32.1. The third kappa shape index (κ3) is 4.37. The van der Waals surface area contributed by atoms with Gasteiger partial charge in [0.2, 0.25) is 0 Å². The van der Waals surface area contributed by atoms with Crippen LogP contribution in [0.4, 0.5) is 4.39 Å². The zero-order chi connectivity index (χ0) is 22.0. The molecule has 0 bridgehead atoms. The molecule has 0 saturated heterocycles. The molecule has 0 saturated carbocycles. The van der Waals surface area contributed by atoms with Crippen molar-refractivity contribution < 1.29 is 18.7 Å². The lowest BCUT2D eigenvalue weighted by Crippen LogP contribution is -2.49. The molecule has 0 spiro atoms. The number of ether oxygens (including phenoxy) is 1. The number of hydrogen-bond acceptors (Lipinski definition) is 4. The largest absolute Gasteiger partial charge is 0.423 e. The van der Waals surface area contributed by atoms with Crippen LogP contribution in [-0.2, 0) is 4.79 Å². The Morgan fingerprint density at radius 3 is 2.55 bits per heavy atom. The highest BCUT2D eigenvalue weighted by Crippen LogP contribution is 2.37. The first-order valence-electron chi connectivity index (χ1n) is 10.4. The van der Waals surface area contributed by atoms with E-state index >= 15 is 0 Å². The molecule has 0 radical (unpaired) electrons. The third-order valence-corrected chi connectivity index (χ3v) is 5.85. The third-order valence-electron chi connectivity index (χ3n) is 5.51. The molecule has 1 atom stereocenters. The number of carbonyl (C=O) groups is 2. The molecular weight excluding hydrogens is 415 g/mol. The lowest BCUT2D eigenvalue weighted by Gasteiger charge is -2.41. The number of allylic oxidation sites excluding steroid dienone is 1. The summed E-state index contributed by atoms with van der Waals surface area (Å²) in [6, 6.07) is 11.9. The smallest absolute Gasteiger partial charge is 0.343 e. The van der Waals surface area contributed by atoms with E-state index in [2.05, 4.69) is 17.1 Å². The number of thiocarbonyl (C=S) groups is 1. The van der Waals surface area contributed by atoms with Crippen molar-refractivity contribution in [2.75, 3.05) is 6.54 Å². The minimum absolute atomic E-state index is 0.147. The standard InChI is InChI=1S/C24H23FN2O3S/c1-2-14-27-19-4-3-5-20(28)21(19)22(26-24(27)31)15-8-12-18(13-9-15)30-23(29)16-6-10-17(25)11-7-16/h6-13,22H,2-5,14H2,1H3,(H,26,31). The van der Waals surface area contributed by atoms with Crippen LogP contribution in [0.3, 0.4) is 0 Å². The van der Waals surface area contributed by atoms with E-state index in [9.17, 15) is 14.0 Å². The maximum absolute atomic E-state index is 13.0. The summed E-state index contributed by atoms with van der Waals surface area (Å²) in [5, 5.41) is 3.96. The van der Waals surface area contributed by atoms with E-state index in [-0.39, 0.29) is 17.4 Å². The van der Waals surface area contributed by atoms with E-state index in [0.717, 1.165) is 42.6 Å². The second kappa shape index (κ2) is 8.98. The molecule has 2 aromatic carbocycles. The number of halogens is 1. The molecule has 1 aliphatic heterocycles. The number of benzene rings is 2. The Bertz CT molecular complexity index is 1050. The molecule has 1 N–H and O–H groups in total. The number of rotatable bonds is 5. The van der Waals surface area contributed by atoms with Gasteiger partial charge in [0.05, 0.1) is 11.6 Å². The Morgan fingerprint density at radius 1 is 1.16 bits per heavy atom. The quantitative estimate of drug-likeness (QED) is 0.415.